The van der Waals surface area contributed by atoms with E-state index >= 15 is 0 Å². The van der Waals surface area contributed by atoms with Gasteiger partial charge in [-0.3, -0.25) is 0 Å². The number of fused-ring (bicyclic) bond motifs is 2. The minimum absolute atomic E-state index is 0.0473. The highest BCUT2D eigenvalue weighted by atomic mass is 16.5. The summed E-state index contributed by atoms with van der Waals surface area (Å²) in [7, 11) is 0. The van der Waals surface area contributed by atoms with Crippen molar-refractivity contribution in [1.29, 1.82) is 0 Å². The van der Waals surface area contributed by atoms with E-state index in [9.17, 15) is 4.79 Å². The van der Waals surface area contributed by atoms with E-state index in [-0.39, 0.29) is 13.2 Å². The number of aliphatic hydroxyl groups excluding tert-OH is 1. The second-order valence-electron chi connectivity index (χ2n) is 3.22. The first-order valence-corrected chi connectivity index (χ1v) is 4.85. The van der Waals surface area contributed by atoms with Crippen LogP contribution in [0.5, 0.6) is 11.5 Å². The van der Waals surface area contributed by atoms with Crippen molar-refractivity contribution in [2.45, 2.75) is 6.92 Å². The maximum absolute atomic E-state index is 10.5. The van der Waals surface area contributed by atoms with Crippen LogP contribution in [0.15, 0.2) is 36.4 Å². The Morgan fingerprint density at radius 2 is 2.06 bits per heavy atom. The van der Waals surface area contributed by atoms with Crippen molar-refractivity contribution < 1.29 is 19.4 Å². The lowest BCUT2D eigenvalue weighted by Gasteiger charge is -2.13. The summed E-state index contributed by atoms with van der Waals surface area (Å²) in [5.41, 5.74) is 0.350. The molecule has 0 fully saturated rings. The molecule has 1 aromatic carbocycles. The van der Waals surface area contributed by atoms with Gasteiger partial charge in [0.25, 0.3) is 0 Å². The molecule has 0 spiro atoms. The topological polar surface area (TPSA) is 55.8 Å². The highest BCUT2D eigenvalue weighted by Gasteiger charge is 2.05. The summed E-state index contributed by atoms with van der Waals surface area (Å²) < 4.78 is 9.47. The molecule has 2 aliphatic heterocycles. The fourth-order valence-corrected chi connectivity index (χ4v) is 0.941. The SMILES string of the molecule is C=C(C)C(=O)OCCO.c1cc2cc(c1)O2. The normalized spacial score (nSPS) is 10.1. The molecule has 0 saturated carbocycles. The maximum atomic E-state index is 10.5. The van der Waals surface area contributed by atoms with E-state index in [0.29, 0.717) is 5.57 Å². The third-order valence-electron chi connectivity index (χ3n) is 1.71. The van der Waals surface area contributed by atoms with Crippen molar-refractivity contribution in [2.24, 2.45) is 0 Å². The predicted molar refractivity (Wildman–Crippen MR) is 59.4 cm³/mol. The molecule has 0 aliphatic carbocycles. The van der Waals surface area contributed by atoms with E-state index < -0.39 is 5.97 Å². The van der Waals surface area contributed by atoms with Gasteiger partial charge in [-0.2, -0.15) is 0 Å². The average Bonchev–Trinajstić information content (AvgIpc) is 2.26. The Hall–Kier alpha value is -1.81. The zero-order valence-electron chi connectivity index (χ0n) is 9.10. The molecule has 16 heavy (non-hydrogen) atoms. The van der Waals surface area contributed by atoms with Gasteiger partial charge >= 0.3 is 5.97 Å². The van der Waals surface area contributed by atoms with Crippen molar-refractivity contribution >= 4 is 5.97 Å². The molecule has 86 valence electrons. The summed E-state index contributed by atoms with van der Waals surface area (Å²) in [6.07, 6.45) is 0. The van der Waals surface area contributed by atoms with Crippen LogP contribution in [0.25, 0.3) is 0 Å². The van der Waals surface area contributed by atoms with E-state index in [1.807, 2.05) is 24.3 Å². The number of benzene rings is 1. The van der Waals surface area contributed by atoms with Crippen molar-refractivity contribution in [2.75, 3.05) is 13.2 Å². The Kier molecular flexibility index (Phi) is 4.54. The first-order valence-electron chi connectivity index (χ1n) is 4.85. The molecule has 0 amide bonds. The highest BCUT2D eigenvalue weighted by molar-refractivity contribution is 5.86. The summed E-state index contributed by atoms with van der Waals surface area (Å²) in [6.45, 7) is 4.81. The van der Waals surface area contributed by atoms with Crippen LogP contribution < -0.4 is 4.74 Å². The number of carbonyl (C=O) groups excluding carboxylic acids is 1. The van der Waals surface area contributed by atoms with E-state index in [4.69, 9.17) is 9.84 Å². The first-order chi connectivity index (χ1) is 7.63. The van der Waals surface area contributed by atoms with Gasteiger partial charge in [0, 0.05) is 11.6 Å². The number of rotatable bonds is 3. The quantitative estimate of drug-likeness (QED) is 0.636. The van der Waals surface area contributed by atoms with Gasteiger partial charge in [-0.15, -0.1) is 0 Å². The Morgan fingerprint density at radius 1 is 1.50 bits per heavy atom. The second-order valence-corrected chi connectivity index (χ2v) is 3.22. The van der Waals surface area contributed by atoms with E-state index in [1.54, 1.807) is 6.92 Å². The van der Waals surface area contributed by atoms with Crippen LogP contribution in [0.2, 0.25) is 0 Å². The molecule has 4 heteroatoms. The van der Waals surface area contributed by atoms with Crippen molar-refractivity contribution in [1.82, 2.24) is 0 Å². The number of hydrogen-bond donors (Lipinski definition) is 1. The number of hydrogen-bond acceptors (Lipinski definition) is 4. The standard InChI is InChI=1S/C6H10O3.C6H4O/c1-5(2)6(8)9-4-3-7;1-2-5-4-6(3-1)7-5/h7H,1,3-4H2,2H3;1-4H. The van der Waals surface area contributed by atoms with Crippen molar-refractivity contribution in [3.8, 4) is 11.5 Å². The molecule has 2 aliphatic rings. The van der Waals surface area contributed by atoms with Gasteiger partial charge in [0.1, 0.15) is 18.1 Å². The minimum Gasteiger partial charge on any atom is -0.460 e. The van der Waals surface area contributed by atoms with Gasteiger partial charge in [0.2, 0.25) is 0 Å². The Balaban J connectivity index is 0.000000163. The van der Waals surface area contributed by atoms with Gasteiger partial charge in [-0.1, -0.05) is 12.6 Å². The third-order valence-corrected chi connectivity index (χ3v) is 1.71. The van der Waals surface area contributed by atoms with Gasteiger partial charge in [-0.05, 0) is 19.1 Å². The number of aliphatic hydroxyl groups is 1. The molecular weight excluding hydrogens is 208 g/mol. The molecule has 0 unspecified atom stereocenters. The summed E-state index contributed by atoms with van der Waals surface area (Å²) in [5.74, 6) is 1.51. The van der Waals surface area contributed by atoms with Crippen LogP contribution in [-0.2, 0) is 9.53 Å². The lowest BCUT2D eigenvalue weighted by atomic mass is 10.2. The van der Waals surface area contributed by atoms with Crippen LogP contribution >= 0.6 is 0 Å². The summed E-state index contributed by atoms with van der Waals surface area (Å²) >= 11 is 0. The van der Waals surface area contributed by atoms with Gasteiger partial charge in [0.05, 0.1) is 6.61 Å². The van der Waals surface area contributed by atoms with Crippen molar-refractivity contribution in [3.63, 3.8) is 0 Å². The Bertz CT molecular complexity index is 360. The zero-order chi connectivity index (χ0) is 12.0. The lowest BCUT2D eigenvalue weighted by molar-refractivity contribution is -0.139. The third kappa shape index (κ3) is 3.74. The number of ether oxygens (including phenoxy) is 2. The minimum atomic E-state index is -0.455. The van der Waals surface area contributed by atoms with Gasteiger partial charge in [0.15, 0.2) is 0 Å². The van der Waals surface area contributed by atoms with Crippen molar-refractivity contribution in [3.05, 3.63) is 36.4 Å². The van der Waals surface area contributed by atoms with Crippen LogP contribution in [0.3, 0.4) is 0 Å². The number of carbonyl (C=O) groups is 1. The summed E-state index contributed by atoms with van der Waals surface area (Å²) in [4.78, 5) is 10.5. The van der Waals surface area contributed by atoms with Crippen LogP contribution in [0, 0.1) is 0 Å². The predicted octanol–water partition coefficient (Wildman–Crippen LogP) is 1.89. The van der Waals surface area contributed by atoms with E-state index in [0.717, 1.165) is 11.5 Å². The molecule has 2 bridgehead atoms. The molecule has 1 aromatic rings. The highest BCUT2D eigenvalue weighted by Crippen LogP contribution is 2.32. The fraction of sp³-hybridized carbons (Fsp3) is 0.250. The first kappa shape index (κ1) is 12.3. The smallest absolute Gasteiger partial charge is 0.333 e. The molecule has 0 atom stereocenters. The summed E-state index contributed by atoms with van der Waals surface area (Å²) in [5, 5.41) is 8.19. The van der Waals surface area contributed by atoms with E-state index in [2.05, 4.69) is 11.3 Å². The second kappa shape index (κ2) is 5.92. The van der Waals surface area contributed by atoms with Crippen LogP contribution in [0.4, 0.5) is 0 Å². The molecular formula is C12H14O4. The largest absolute Gasteiger partial charge is 0.460 e. The molecule has 3 rings (SSSR count). The molecule has 0 radical (unpaired) electrons. The molecule has 0 saturated heterocycles. The van der Waals surface area contributed by atoms with Gasteiger partial charge in [-0.25, -0.2) is 4.79 Å². The lowest BCUT2D eigenvalue weighted by Crippen LogP contribution is -2.08. The molecule has 4 nitrogen and oxygen atoms in total. The zero-order valence-corrected chi connectivity index (χ0v) is 9.10. The Morgan fingerprint density at radius 3 is 2.31 bits per heavy atom. The van der Waals surface area contributed by atoms with Gasteiger partial charge < -0.3 is 14.6 Å². The average molecular weight is 222 g/mol. The maximum Gasteiger partial charge on any atom is 0.333 e. The Labute approximate surface area is 94.1 Å². The van der Waals surface area contributed by atoms with Crippen LogP contribution in [-0.4, -0.2) is 24.3 Å². The monoisotopic (exact) mass is 222 g/mol. The van der Waals surface area contributed by atoms with Crippen LogP contribution in [0.1, 0.15) is 6.92 Å². The fourth-order valence-electron chi connectivity index (χ4n) is 0.941. The molecule has 1 N–H and O–H groups in total. The summed E-state index contributed by atoms with van der Waals surface area (Å²) in [6, 6.07) is 7.86. The van der Waals surface area contributed by atoms with E-state index in [1.165, 1.54) is 0 Å². The molecule has 0 aromatic heterocycles. The molecule has 2 heterocycles. The number of esters is 1.